The van der Waals surface area contributed by atoms with Crippen molar-refractivity contribution >= 4 is 11.8 Å². The molecule has 0 saturated carbocycles. The number of piperidine rings is 1. The van der Waals surface area contributed by atoms with Crippen molar-refractivity contribution in [2.45, 2.75) is 38.4 Å². The molecule has 3 heterocycles. The number of likely N-dealkylation sites (tertiary alicyclic amines) is 1. The van der Waals surface area contributed by atoms with E-state index < -0.39 is 11.7 Å². The molecule has 2 aliphatic heterocycles. The van der Waals surface area contributed by atoms with Crippen LogP contribution in [-0.2, 0) is 15.1 Å². The molecule has 2 aliphatic rings. The first kappa shape index (κ1) is 18.7. The van der Waals surface area contributed by atoms with Crippen LogP contribution in [0.15, 0.2) is 28.8 Å². The van der Waals surface area contributed by atoms with Crippen molar-refractivity contribution in [1.82, 2.24) is 15.0 Å². The molecule has 7 heteroatoms. The van der Waals surface area contributed by atoms with Gasteiger partial charge in [-0.2, -0.15) is 0 Å². The lowest BCUT2D eigenvalue weighted by atomic mass is 9.83. The third-order valence-electron chi connectivity index (χ3n) is 5.85. The summed E-state index contributed by atoms with van der Waals surface area (Å²) in [6.07, 6.45) is 0.711. The van der Waals surface area contributed by atoms with E-state index >= 15 is 0 Å². The van der Waals surface area contributed by atoms with Crippen molar-refractivity contribution in [2.24, 2.45) is 0 Å². The minimum atomic E-state index is -0.587. The number of likely N-dealkylation sites (N-methyl/N-ethyl adjacent to an activating group) is 1. The Balaban J connectivity index is 1.57. The number of ether oxygens (including phenoxy) is 1. The summed E-state index contributed by atoms with van der Waals surface area (Å²) in [5.41, 5.74) is 2.64. The molecule has 28 heavy (non-hydrogen) atoms. The van der Waals surface area contributed by atoms with Gasteiger partial charge in [0.1, 0.15) is 11.3 Å². The highest BCUT2D eigenvalue weighted by Crippen LogP contribution is 2.49. The predicted molar refractivity (Wildman–Crippen MR) is 102 cm³/mol. The average Bonchev–Trinajstić information content (AvgIpc) is 3.19. The molecule has 148 valence electrons. The van der Waals surface area contributed by atoms with Gasteiger partial charge in [0.15, 0.2) is 6.10 Å². The molecule has 4 rings (SSSR count). The molecule has 2 amide bonds. The standard InChI is InChI=1S/C21H25N3O4/c1-13-17(14(2)28-22-13)19(25)24-11-9-21(10-12-24)16-8-6-5-7-15(16)18(27-21)20(26)23(3)4/h5-8,18H,9-12H2,1-4H3/t18-/m1/s1. The monoisotopic (exact) mass is 383 g/mol. The van der Waals surface area contributed by atoms with E-state index in [0.29, 0.717) is 42.9 Å². The number of hydrogen-bond acceptors (Lipinski definition) is 5. The molecule has 0 radical (unpaired) electrons. The van der Waals surface area contributed by atoms with Gasteiger partial charge in [0, 0.05) is 27.2 Å². The van der Waals surface area contributed by atoms with Crippen LogP contribution in [0.2, 0.25) is 0 Å². The zero-order chi connectivity index (χ0) is 20.1. The van der Waals surface area contributed by atoms with Crippen molar-refractivity contribution in [3.63, 3.8) is 0 Å². The summed E-state index contributed by atoms with van der Waals surface area (Å²) in [5.74, 6) is 0.429. The fourth-order valence-corrected chi connectivity index (χ4v) is 4.32. The van der Waals surface area contributed by atoms with E-state index in [4.69, 9.17) is 9.26 Å². The van der Waals surface area contributed by atoms with Crippen molar-refractivity contribution in [3.8, 4) is 0 Å². The van der Waals surface area contributed by atoms with Gasteiger partial charge in [-0.15, -0.1) is 0 Å². The second-order valence-electron chi connectivity index (χ2n) is 7.80. The first-order valence-electron chi connectivity index (χ1n) is 9.54. The highest BCUT2D eigenvalue weighted by atomic mass is 16.5. The van der Waals surface area contributed by atoms with E-state index in [2.05, 4.69) is 5.16 Å². The lowest BCUT2D eigenvalue weighted by Crippen LogP contribution is -2.45. The lowest BCUT2D eigenvalue weighted by molar-refractivity contribution is -0.157. The Morgan fingerprint density at radius 3 is 2.46 bits per heavy atom. The average molecular weight is 383 g/mol. The van der Waals surface area contributed by atoms with E-state index in [0.717, 1.165) is 11.1 Å². The summed E-state index contributed by atoms with van der Waals surface area (Å²) in [4.78, 5) is 29.0. The second kappa shape index (κ2) is 6.74. The van der Waals surface area contributed by atoms with Crippen LogP contribution in [0.3, 0.4) is 0 Å². The van der Waals surface area contributed by atoms with Crippen LogP contribution in [-0.4, -0.2) is 54.0 Å². The van der Waals surface area contributed by atoms with Crippen LogP contribution in [0.4, 0.5) is 0 Å². The first-order chi connectivity index (χ1) is 13.3. The molecule has 0 N–H and O–H groups in total. The van der Waals surface area contributed by atoms with Gasteiger partial charge in [-0.05, 0) is 37.8 Å². The van der Waals surface area contributed by atoms with Gasteiger partial charge in [-0.1, -0.05) is 29.4 Å². The second-order valence-corrected chi connectivity index (χ2v) is 7.80. The number of amides is 2. The maximum absolute atomic E-state index is 12.9. The molecule has 1 aromatic carbocycles. The Morgan fingerprint density at radius 1 is 1.18 bits per heavy atom. The summed E-state index contributed by atoms with van der Waals surface area (Å²) >= 11 is 0. The molecule has 0 aliphatic carbocycles. The van der Waals surface area contributed by atoms with Gasteiger partial charge in [-0.3, -0.25) is 9.59 Å². The fourth-order valence-electron chi connectivity index (χ4n) is 4.32. The number of rotatable bonds is 2. The summed E-state index contributed by atoms with van der Waals surface area (Å²) in [7, 11) is 3.48. The van der Waals surface area contributed by atoms with Gasteiger partial charge in [0.05, 0.1) is 11.3 Å². The first-order valence-corrected chi connectivity index (χ1v) is 9.54. The van der Waals surface area contributed by atoms with Crippen LogP contribution in [0, 0.1) is 13.8 Å². The molecular formula is C21H25N3O4. The fraction of sp³-hybridized carbons (Fsp3) is 0.476. The summed E-state index contributed by atoms with van der Waals surface area (Å²) in [5, 5.41) is 3.89. The van der Waals surface area contributed by atoms with Gasteiger partial charge in [-0.25, -0.2) is 0 Å². The molecule has 0 unspecified atom stereocenters. The largest absolute Gasteiger partial charge is 0.361 e. The van der Waals surface area contributed by atoms with Gasteiger partial charge in [0.2, 0.25) is 0 Å². The third kappa shape index (κ3) is 2.81. The molecule has 0 bridgehead atoms. The maximum Gasteiger partial charge on any atom is 0.259 e. The zero-order valence-corrected chi connectivity index (χ0v) is 16.7. The molecule has 1 fully saturated rings. The molecule has 1 aromatic heterocycles. The molecule has 1 spiro atoms. The number of carbonyl (C=O) groups is 2. The Labute approximate surface area is 164 Å². The van der Waals surface area contributed by atoms with Gasteiger partial charge >= 0.3 is 0 Å². The Kier molecular flexibility index (Phi) is 4.50. The smallest absolute Gasteiger partial charge is 0.259 e. The number of nitrogens with zero attached hydrogens (tertiary/aromatic N) is 3. The van der Waals surface area contributed by atoms with Gasteiger partial charge < -0.3 is 19.1 Å². The highest BCUT2D eigenvalue weighted by molar-refractivity contribution is 5.96. The SMILES string of the molecule is Cc1noc(C)c1C(=O)N1CCC2(CC1)O[C@@H](C(=O)N(C)C)c1ccccc12. The highest BCUT2D eigenvalue weighted by Gasteiger charge is 2.49. The molecule has 1 saturated heterocycles. The van der Waals surface area contributed by atoms with E-state index in [9.17, 15) is 9.59 Å². The molecule has 1 atom stereocenters. The summed E-state index contributed by atoms with van der Waals surface area (Å²) in [6, 6.07) is 7.93. The number of fused-ring (bicyclic) bond motifs is 2. The van der Waals surface area contributed by atoms with Crippen molar-refractivity contribution < 1.29 is 18.8 Å². The molecule has 7 nitrogen and oxygen atoms in total. The topological polar surface area (TPSA) is 75.9 Å². The quantitative estimate of drug-likeness (QED) is 0.797. The van der Waals surface area contributed by atoms with Crippen molar-refractivity contribution in [3.05, 3.63) is 52.4 Å². The van der Waals surface area contributed by atoms with Crippen molar-refractivity contribution in [2.75, 3.05) is 27.2 Å². The van der Waals surface area contributed by atoms with E-state index in [1.807, 2.05) is 29.2 Å². The van der Waals surface area contributed by atoms with Crippen molar-refractivity contribution in [1.29, 1.82) is 0 Å². The Morgan fingerprint density at radius 2 is 1.86 bits per heavy atom. The Hall–Kier alpha value is -2.67. The van der Waals surface area contributed by atoms with Crippen LogP contribution in [0.5, 0.6) is 0 Å². The van der Waals surface area contributed by atoms with Crippen LogP contribution >= 0.6 is 0 Å². The molecular weight excluding hydrogens is 358 g/mol. The van der Waals surface area contributed by atoms with E-state index in [-0.39, 0.29) is 11.8 Å². The number of carbonyl (C=O) groups excluding carboxylic acids is 2. The van der Waals surface area contributed by atoms with Gasteiger partial charge in [0.25, 0.3) is 11.8 Å². The predicted octanol–water partition coefficient (Wildman–Crippen LogP) is 2.58. The number of benzene rings is 1. The summed E-state index contributed by atoms with van der Waals surface area (Å²) < 4.78 is 11.5. The maximum atomic E-state index is 12.9. The lowest BCUT2D eigenvalue weighted by Gasteiger charge is -2.39. The number of aryl methyl sites for hydroxylation is 2. The zero-order valence-electron chi connectivity index (χ0n) is 16.7. The minimum absolute atomic E-state index is 0.0569. The van der Waals surface area contributed by atoms with Crippen LogP contribution < -0.4 is 0 Å². The van der Waals surface area contributed by atoms with E-state index in [1.165, 1.54) is 0 Å². The number of hydrogen-bond donors (Lipinski definition) is 0. The molecule has 2 aromatic rings. The third-order valence-corrected chi connectivity index (χ3v) is 5.85. The number of aromatic nitrogens is 1. The van der Waals surface area contributed by atoms with Crippen LogP contribution in [0.1, 0.15) is 51.9 Å². The van der Waals surface area contributed by atoms with Crippen LogP contribution in [0.25, 0.3) is 0 Å². The normalized spacial score (nSPS) is 20.3. The Bertz CT molecular complexity index is 906. The van der Waals surface area contributed by atoms with E-state index in [1.54, 1.807) is 32.8 Å². The minimum Gasteiger partial charge on any atom is -0.361 e. The summed E-state index contributed by atoms with van der Waals surface area (Å²) in [6.45, 7) is 4.65.